The van der Waals surface area contributed by atoms with E-state index in [0.29, 0.717) is 0 Å². The van der Waals surface area contributed by atoms with Crippen molar-refractivity contribution in [2.75, 3.05) is 0 Å². The summed E-state index contributed by atoms with van der Waals surface area (Å²) in [7, 11) is 0. The second-order valence-corrected chi connectivity index (χ2v) is 10.7. The zero-order valence-corrected chi connectivity index (χ0v) is 22.7. The first-order valence-electron chi connectivity index (χ1n) is 15.3. The summed E-state index contributed by atoms with van der Waals surface area (Å²) in [5, 5.41) is 0. The van der Waals surface area contributed by atoms with Crippen LogP contribution >= 0.6 is 0 Å². The standard InChI is InChI=1S/C31H64/c1-4-7-10-12-14-16-17-18-19-21-23-25-27-30-31(28-9-6-3)29-26-24-22-20-15-13-11-8-5-2/h31H,4-30H2,1-3H3. The van der Waals surface area contributed by atoms with E-state index in [-0.39, 0.29) is 0 Å². The van der Waals surface area contributed by atoms with E-state index < -0.39 is 0 Å². The Balaban J connectivity index is 3.48. The lowest BCUT2D eigenvalue weighted by molar-refractivity contribution is 0.370. The predicted molar refractivity (Wildman–Crippen MR) is 145 cm³/mol. The van der Waals surface area contributed by atoms with Crippen LogP contribution < -0.4 is 0 Å². The molecule has 0 fully saturated rings. The van der Waals surface area contributed by atoms with E-state index >= 15 is 0 Å². The van der Waals surface area contributed by atoms with Gasteiger partial charge in [0, 0.05) is 0 Å². The smallest absolute Gasteiger partial charge is 0.0414 e. The van der Waals surface area contributed by atoms with Crippen LogP contribution in [0.4, 0.5) is 0 Å². The molecule has 31 heavy (non-hydrogen) atoms. The molecule has 0 spiro atoms. The molecule has 1 unspecified atom stereocenters. The topological polar surface area (TPSA) is 0 Å². The van der Waals surface area contributed by atoms with Crippen LogP contribution in [0.2, 0.25) is 0 Å². The fourth-order valence-electron chi connectivity index (χ4n) is 5.12. The molecule has 1 atom stereocenters. The van der Waals surface area contributed by atoms with Crippen molar-refractivity contribution in [1.29, 1.82) is 0 Å². The minimum atomic E-state index is 1.04. The molecule has 0 aromatic rings. The fourth-order valence-corrected chi connectivity index (χ4v) is 5.12. The van der Waals surface area contributed by atoms with Crippen LogP contribution in [0.1, 0.15) is 194 Å². The SMILES string of the molecule is CCCCCCCCCCCCCCCC(CCCC)CCCCCCCCCCC. The Morgan fingerprint density at radius 1 is 0.258 bits per heavy atom. The third kappa shape index (κ3) is 26.1. The molecule has 0 aliphatic heterocycles. The largest absolute Gasteiger partial charge is 0.0654 e. The Labute approximate surface area is 200 Å². The average Bonchev–Trinajstić information content (AvgIpc) is 2.78. The van der Waals surface area contributed by atoms with Gasteiger partial charge in [0.05, 0.1) is 0 Å². The molecule has 0 aliphatic carbocycles. The van der Waals surface area contributed by atoms with Crippen LogP contribution in [0.5, 0.6) is 0 Å². The van der Waals surface area contributed by atoms with Gasteiger partial charge in [-0.1, -0.05) is 194 Å². The zero-order chi connectivity index (χ0) is 22.7. The summed E-state index contributed by atoms with van der Waals surface area (Å²) in [6.07, 6.45) is 39.8. The van der Waals surface area contributed by atoms with Crippen molar-refractivity contribution in [3.05, 3.63) is 0 Å². The van der Waals surface area contributed by atoms with Crippen LogP contribution in [0.15, 0.2) is 0 Å². The fraction of sp³-hybridized carbons (Fsp3) is 1.00. The molecule has 0 heteroatoms. The molecule has 0 aromatic carbocycles. The first-order valence-corrected chi connectivity index (χ1v) is 15.3. The highest BCUT2D eigenvalue weighted by Crippen LogP contribution is 2.24. The molecule has 0 saturated heterocycles. The van der Waals surface area contributed by atoms with Gasteiger partial charge in [0.2, 0.25) is 0 Å². The van der Waals surface area contributed by atoms with Crippen molar-refractivity contribution in [2.45, 2.75) is 194 Å². The summed E-state index contributed by atoms with van der Waals surface area (Å²) in [6, 6.07) is 0. The van der Waals surface area contributed by atoms with Crippen LogP contribution in [0.3, 0.4) is 0 Å². The van der Waals surface area contributed by atoms with Crippen LogP contribution in [0.25, 0.3) is 0 Å². The van der Waals surface area contributed by atoms with E-state index in [1.165, 1.54) is 173 Å². The summed E-state index contributed by atoms with van der Waals surface area (Å²) in [5.74, 6) is 1.04. The van der Waals surface area contributed by atoms with Gasteiger partial charge in [-0.05, 0) is 5.92 Å². The van der Waals surface area contributed by atoms with Gasteiger partial charge in [0.25, 0.3) is 0 Å². The zero-order valence-electron chi connectivity index (χ0n) is 22.7. The van der Waals surface area contributed by atoms with Gasteiger partial charge in [-0.2, -0.15) is 0 Å². The van der Waals surface area contributed by atoms with E-state index in [1.807, 2.05) is 0 Å². The normalized spacial score (nSPS) is 12.5. The van der Waals surface area contributed by atoms with Crippen molar-refractivity contribution >= 4 is 0 Å². The molecule has 0 bridgehead atoms. The van der Waals surface area contributed by atoms with Crippen LogP contribution in [-0.2, 0) is 0 Å². The lowest BCUT2D eigenvalue weighted by Crippen LogP contribution is -2.01. The van der Waals surface area contributed by atoms with Gasteiger partial charge < -0.3 is 0 Å². The molecule has 0 heterocycles. The maximum atomic E-state index is 2.36. The second-order valence-electron chi connectivity index (χ2n) is 10.7. The summed E-state index contributed by atoms with van der Waals surface area (Å²) in [5.41, 5.74) is 0. The Bertz CT molecular complexity index is 294. The third-order valence-electron chi connectivity index (χ3n) is 7.40. The van der Waals surface area contributed by atoms with Crippen molar-refractivity contribution in [2.24, 2.45) is 5.92 Å². The quantitative estimate of drug-likeness (QED) is 0.112. The van der Waals surface area contributed by atoms with Gasteiger partial charge >= 0.3 is 0 Å². The molecule has 188 valence electrons. The number of unbranched alkanes of at least 4 members (excludes halogenated alkanes) is 21. The number of hydrogen-bond acceptors (Lipinski definition) is 0. The molecule has 0 N–H and O–H groups in total. The van der Waals surface area contributed by atoms with Crippen LogP contribution in [-0.4, -0.2) is 0 Å². The predicted octanol–water partition coefficient (Wildman–Crippen LogP) is 12.2. The van der Waals surface area contributed by atoms with E-state index in [2.05, 4.69) is 20.8 Å². The molecule has 0 aromatic heterocycles. The Hall–Kier alpha value is 0. The Morgan fingerprint density at radius 2 is 0.484 bits per heavy atom. The molecule has 0 amide bonds. The third-order valence-corrected chi connectivity index (χ3v) is 7.40. The highest BCUT2D eigenvalue weighted by molar-refractivity contribution is 4.61. The Morgan fingerprint density at radius 3 is 0.774 bits per heavy atom. The van der Waals surface area contributed by atoms with E-state index in [4.69, 9.17) is 0 Å². The second kappa shape index (κ2) is 28.0. The average molecular weight is 437 g/mol. The highest BCUT2D eigenvalue weighted by atomic mass is 14.1. The summed E-state index contributed by atoms with van der Waals surface area (Å²) in [4.78, 5) is 0. The van der Waals surface area contributed by atoms with E-state index in [9.17, 15) is 0 Å². The first-order chi connectivity index (χ1) is 15.3. The van der Waals surface area contributed by atoms with E-state index in [1.54, 1.807) is 0 Å². The Kier molecular flexibility index (Phi) is 28.0. The van der Waals surface area contributed by atoms with Crippen molar-refractivity contribution in [3.63, 3.8) is 0 Å². The number of rotatable bonds is 27. The van der Waals surface area contributed by atoms with Gasteiger partial charge in [0.15, 0.2) is 0 Å². The summed E-state index contributed by atoms with van der Waals surface area (Å²) >= 11 is 0. The molecule has 0 nitrogen and oxygen atoms in total. The maximum Gasteiger partial charge on any atom is -0.0414 e. The minimum absolute atomic E-state index is 1.04. The highest BCUT2D eigenvalue weighted by Gasteiger charge is 2.08. The van der Waals surface area contributed by atoms with Crippen molar-refractivity contribution < 1.29 is 0 Å². The van der Waals surface area contributed by atoms with Gasteiger partial charge in [-0.3, -0.25) is 0 Å². The van der Waals surface area contributed by atoms with Gasteiger partial charge in [0.1, 0.15) is 0 Å². The lowest BCUT2D eigenvalue weighted by atomic mass is 9.90. The molecule has 0 rings (SSSR count). The molecular formula is C31H64. The summed E-state index contributed by atoms with van der Waals surface area (Å²) in [6.45, 7) is 6.98. The molecular weight excluding hydrogens is 372 g/mol. The van der Waals surface area contributed by atoms with Gasteiger partial charge in [-0.25, -0.2) is 0 Å². The maximum absolute atomic E-state index is 2.36. The monoisotopic (exact) mass is 437 g/mol. The molecule has 0 radical (unpaired) electrons. The van der Waals surface area contributed by atoms with Crippen molar-refractivity contribution in [1.82, 2.24) is 0 Å². The molecule has 0 saturated carbocycles. The lowest BCUT2D eigenvalue weighted by Gasteiger charge is -2.16. The first kappa shape index (κ1) is 31.0. The van der Waals surface area contributed by atoms with Crippen LogP contribution in [0, 0.1) is 5.92 Å². The van der Waals surface area contributed by atoms with E-state index in [0.717, 1.165) is 5.92 Å². The summed E-state index contributed by atoms with van der Waals surface area (Å²) < 4.78 is 0. The molecule has 0 aliphatic rings. The van der Waals surface area contributed by atoms with Gasteiger partial charge in [-0.15, -0.1) is 0 Å². The number of hydrogen-bond donors (Lipinski definition) is 0. The van der Waals surface area contributed by atoms with Crippen molar-refractivity contribution in [3.8, 4) is 0 Å². The minimum Gasteiger partial charge on any atom is -0.0654 e.